The zero-order valence-electron chi connectivity index (χ0n) is 16.1. The average molecular weight is 382 g/mol. The third-order valence-corrected chi connectivity index (χ3v) is 5.51. The van der Waals surface area contributed by atoms with Crippen LogP contribution in [0.1, 0.15) is 27.0 Å². The molecule has 0 aliphatic carbocycles. The number of aromatic nitrogens is 2. The minimum Gasteiger partial charge on any atom is -0.348 e. The largest absolute Gasteiger partial charge is 0.348 e. The Morgan fingerprint density at radius 1 is 1.03 bits per heavy atom. The summed E-state index contributed by atoms with van der Waals surface area (Å²) in [6.07, 6.45) is 2.74. The molecule has 0 saturated heterocycles. The quantitative estimate of drug-likeness (QED) is 0.567. The SMILES string of the molecule is O=C(NCc1ccc(-n2cnc3ccccc32)cc1)c1cccc2c1CCNC2. The molecule has 1 aliphatic heterocycles. The molecule has 2 heterocycles. The second-order valence-electron chi connectivity index (χ2n) is 7.32. The number of hydrogen-bond donors (Lipinski definition) is 2. The van der Waals surface area contributed by atoms with Crippen molar-refractivity contribution in [1.29, 1.82) is 0 Å². The molecule has 0 bridgehead atoms. The Morgan fingerprint density at radius 2 is 1.90 bits per heavy atom. The Bertz CT molecular complexity index is 1180. The van der Waals surface area contributed by atoms with Gasteiger partial charge in [-0.25, -0.2) is 4.98 Å². The number of nitrogens with zero attached hydrogens (tertiary/aromatic N) is 2. The molecule has 1 amide bonds. The zero-order chi connectivity index (χ0) is 19.6. The highest BCUT2D eigenvalue weighted by Crippen LogP contribution is 2.20. The van der Waals surface area contributed by atoms with Gasteiger partial charge in [-0.2, -0.15) is 0 Å². The lowest BCUT2D eigenvalue weighted by Gasteiger charge is -2.20. The molecule has 1 aromatic heterocycles. The van der Waals surface area contributed by atoms with Crippen LogP contribution in [0.15, 0.2) is 73.1 Å². The summed E-state index contributed by atoms with van der Waals surface area (Å²) in [5.74, 6) is -0.00608. The highest BCUT2D eigenvalue weighted by Gasteiger charge is 2.17. The average Bonchev–Trinajstić information content (AvgIpc) is 3.21. The number of imidazole rings is 1. The van der Waals surface area contributed by atoms with E-state index in [4.69, 9.17) is 0 Å². The smallest absolute Gasteiger partial charge is 0.251 e. The van der Waals surface area contributed by atoms with Crippen LogP contribution in [0.4, 0.5) is 0 Å². The van der Waals surface area contributed by atoms with Gasteiger partial charge in [0.1, 0.15) is 6.33 Å². The van der Waals surface area contributed by atoms with Crippen LogP contribution in [0.25, 0.3) is 16.7 Å². The van der Waals surface area contributed by atoms with Crippen molar-refractivity contribution in [3.05, 3.63) is 95.3 Å². The molecule has 3 aromatic carbocycles. The van der Waals surface area contributed by atoms with Crippen LogP contribution >= 0.6 is 0 Å². The van der Waals surface area contributed by atoms with Crippen LogP contribution in [0.2, 0.25) is 0 Å². The van der Waals surface area contributed by atoms with Crippen LogP contribution in [-0.4, -0.2) is 22.0 Å². The van der Waals surface area contributed by atoms with Crippen LogP contribution in [0, 0.1) is 0 Å². The van der Waals surface area contributed by atoms with Crippen molar-refractivity contribution >= 4 is 16.9 Å². The third kappa shape index (κ3) is 3.41. The lowest BCUT2D eigenvalue weighted by Crippen LogP contribution is -2.29. The predicted molar refractivity (Wildman–Crippen MR) is 114 cm³/mol. The first-order chi connectivity index (χ1) is 14.3. The lowest BCUT2D eigenvalue weighted by atomic mass is 9.95. The van der Waals surface area contributed by atoms with E-state index in [1.54, 1.807) is 0 Å². The van der Waals surface area contributed by atoms with Crippen molar-refractivity contribution in [1.82, 2.24) is 20.2 Å². The number of para-hydroxylation sites is 2. The maximum Gasteiger partial charge on any atom is 0.251 e. The highest BCUT2D eigenvalue weighted by molar-refractivity contribution is 5.96. The molecular formula is C24H22N4O. The summed E-state index contributed by atoms with van der Waals surface area (Å²) in [7, 11) is 0. The third-order valence-electron chi connectivity index (χ3n) is 5.51. The van der Waals surface area contributed by atoms with E-state index in [1.165, 1.54) is 11.1 Å². The van der Waals surface area contributed by atoms with Gasteiger partial charge in [0.15, 0.2) is 0 Å². The molecular weight excluding hydrogens is 360 g/mol. The zero-order valence-corrected chi connectivity index (χ0v) is 16.1. The maximum atomic E-state index is 12.7. The second kappa shape index (κ2) is 7.53. The first kappa shape index (κ1) is 17.6. The molecule has 1 aliphatic rings. The molecule has 0 radical (unpaired) electrons. The molecule has 5 nitrogen and oxygen atoms in total. The van der Waals surface area contributed by atoms with E-state index in [2.05, 4.69) is 56.6 Å². The number of nitrogens with one attached hydrogen (secondary N) is 2. The van der Waals surface area contributed by atoms with Crippen molar-refractivity contribution in [2.75, 3.05) is 6.54 Å². The summed E-state index contributed by atoms with van der Waals surface area (Å²) in [6.45, 7) is 2.26. The summed E-state index contributed by atoms with van der Waals surface area (Å²) in [5.41, 5.74) is 7.37. The Hall–Kier alpha value is -3.44. The number of fused-ring (bicyclic) bond motifs is 2. The van der Waals surface area contributed by atoms with Gasteiger partial charge < -0.3 is 10.6 Å². The summed E-state index contributed by atoms with van der Waals surface area (Å²) in [4.78, 5) is 17.2. The van der Waals surface area contributed by atoms with Crippen LogP contribution in [-0.2, 0) is 19.5 Å². The summed E-state index contributed by atoms with van der Waals surface area (Å²) < 4.78 is 2.07. The Balaban J connectivity index is 1.30. The standard InChI is InChI=1S/C24H22N4O/c29-24(21-5-3-4-18-15-25-13-12-20(18)21)26-14-17-8-10-19(11-9-17)28-16-27-22-6-1-2-7-23(22)28/h1-11,16,25H,12-15H2,(H,26,29). The van der Waals surface area contributed by atoms with Crippen molar-refractivity contribution in [2.24, 2.45) is 0 Å². The van der Waals surface area contributed by atoms with Gasteiger partial charge in [0.2, 0.25) is 0 Å². The Morgan fingerprint density at radius 3 is 2.79 bits per heavy atom. The van der Waals surface area contributed by atoms with Crippen LogP contribution in [0.3, 0.4) is 0 Å². The number of amides is 1. The summed E-state index contributed by atoms with van der Waals surface area (Å²) in [6, 6.07) is 22.3. The van der Waals surface area contributed by atoms with Gasteiger partial charge in [-0.15, -0.1) is 0 Å². The van der Waals surface area contributed by atoms with Gasteiger partial charge in [0.25, 0.3) is 5.91 Å². The minimum atomic E-state index is -0.00608. The number of carbonyl (C=O) groups is 1. The van der Waals surface area contributed by atoms with Crippen LogP contribution < -0.4 is 10.6 Å². The van der Waals surface area contributed by atoms with Gasteiger partial charge >= 0.3 is 0 Å². The van der Waals surface area contributed by atoms with Gasteiger partial charge in [0.05, 0.1) is 11.0 Å². The van der Waals surface area contributed by atoms with Crippen molar-refractivity contribution < 1.29 is 4.79 Å². The molecule has 5 heteroatoms. The first-order valence-electron chi connectivity index (χ1n) is 9.91. The maximum absolute atomic E-state index is 12.7. The van der Waals surface area contributed by atoms with E-state index in [0.29, 0.717) is 6.54 Å². The summed E-state index contributed by atoms with van der Waals surface area (Å²) >= 11 is 0. The molecule has 0 saturated carbocycles. The Labute approximate surface area is 169 Å². The number of benzene rings is 3. The fraction of sp³-hybridized carbons (Fsp3) is 0.167. The van der Waals surface area contributed by atoms with Gasteiger partial charge in [0, 0.05) is 24.3 Å². The van der Waals surface area contributed by atoms with Crippen LogP contribution in [0.5, 0.6) is 0 Å². The van der Waals surface area contributed by atoms with E-state index < -0.39 is 0 Å². The molecule has 29 heavy (non-hydrogen) atoms. The minimum absolute atomic E-state index is 0.00608. The van der Waals surface area contributed by atoms with E-state index in [-0.39, 0.29) is 5.91 Å². The fourth-order valence-electron chi connectivity index (χ4n) is 3.96. The van der Waals surface area contributed by atoms with Gasteiger partial charge in [-0.05, 0) is 60.0 Å². The first-order valence-corrected chi connectivity index (χ1v) is 9.91. The second-order valence-corrected chi connectivity index (χ2v) is 7.32. The topological polar surface area (TPSA) is 59.0 Å². The molecule has 2 N–H and O–H groups in total. The van der Waals surface area contributed by atoms with E-state index in [9.17, 15) is 4.79 Å². The van der Waals surface area contributed by atoms with E-state index in [0.717, 1.165) is 47.4 Å². The van der Waals surface area contributed by atoms with Crippen molar-refractivity contribution in [2.45, 2.75) is 19.5 Å². The number of rotatable bonds is 4. The molecule has 0 unspecified atom stereocenters. The predicted octanol–water partition coefficient (Wildman–Crippen LogP) is 3.60. The summed E-state index contributed by atoms with van der Waals surface area (Å²) in [5, 5.41) is 6.43. The Kier molecular flexibility index (Phi) is 4.58. The van der Waals surface area contributed by atoms with Gasteiger partial charge in [-0.3, -0.25) is 9.36 Å². The number of carbonyl (C=O) groups excluding carboxylic acids is 1. The molecule has 0 fully saturated rings. The fourth-order valence-corrected chi connectivity index (χ4v) is 3.96. The van der Waals surface area contributed by atoms with Gasteiger partial charge in [-0.1, -0.05) is 36.4 Å². The molecule has 0 spiro atoms. The highest BCUT2D eigenvalue weighted by atomic mass is 16.1. The normalized spacial score (nSPS) is 13.2. The van der Waals surface area contributed by atoms with E-state index >= 15 is 0 Å². The monoisotopic (exact) mass is 382 g/mol. The molecule has 5 rings (SSSR count). The molecule has 144 valence electrons. The molecule has 4 aromatic rings. The molecule has 0 atom stereocenters. The van der Waals surface area contributed by atoms with Crippen molar-refractivity contribution in [3.63, 3.8) is 0 Å². The van der Waals surface area contributed by atoms with E-state index in [1.807, 2.05) is 36.7 Å². The number of hydrogen-bond acceptors (Lipinski definition) is 3. The lowest BCUT2D eigenvalue weighted by molar-refractivity contribution is 0.0949. The van der Waals surface area contributed by atoms with Crippen molar-refractivity contribution in [3.8, 4) is 5.69 Å².